The topological polar surface area (TPSA) is 54.4 Å². The number of rotatable bonds is 1. The van der Waals surface area contributed by atoms with E-state index in [4.69, 9.17) is 11.6 Å². The molecule has 1 unspecified atom stereocenters. The second-order valence-electron chi connectivity index (χ2n) is 3.41. The molecule has 1 aromatic carbocycles. The standard InChI is InChI=1S/C10H9ClO3S/c1-6(12)8-5-15(13,14)10-7(8)3-2-4-9(10)11/h2-6,12H,1H3. The zero-order valence-corrected chi connectivity index (χ0v) is 9.51. The number of halogens is 1. The van der Waals surface area contributed by atoms with Crippen LogP contribution in [0.3, 0.4) is 0 Å². The van der Waals surface area contributed by atoms with Gasteiger partial charge in [-0.05, 0) is 13.0 Å². The Kier molecular flexibility index (Phi) is 2.37. The fraction of sp³-hybridized carbons (Fsp3) is 0.200. The first-order chi connectivity index (χ1) is 6.93. The van der Waals surface area contributed by atoms with Gasteiger partial charge >= 0.3 is 0 Å². The predicted octanol–water partition coefficient (Wildman–Crippen LogP) is 1.85. The average Bonchev–Trinajstić information content (AvgIpc) is 2.39. The summed E-state index contributed by atoms with van der Waals surface area (Å²) in [6, 6.07) is 4.83. The summed E-state index contributed by atoms with van der Waals surface area (Å²) in [4.78, 5) is 0.0996. The molecule has 3 nitrogen and oxygen atoms in total. The monoisotopic (exact) mass is 244 g/mol. The third-order valence-corrected chi connectivity index (χ3v) is 4.29. The molecule has 0 aliphatic carbocycles. The summed E-state index contributed by atoms with van der Waals surface area (Å²) in [6.45, 7) is 1.53. The van der Waals surface area contributed by atoms with E-state index in [-0.39, 0.29) is 9.92 Å². The van der Waals surface area contributed by atoms with E-state index in [0.29, 0.717) is 11.1 Å². The van der Waals surface area contributed by atoms with Gasteiger partial charge in [0, 0.05) is 16.5 Å². The highest BCUT2D eigenvalue weighted by Crippen LogP contribution is 2.39. The number of fused-ring (bicyclic) bond motifs is 1. The van der Waals surface area contributed by atoms with Crippen LogP contribution in [0.15, 0.2) is 28.5 Å². The molecule has 0 spiro atoms. The number of sulfone groups is 1. The van der Waals surface area contributed by atoms with Gasteiger partial charge in [-0.1, -0.05) is 23.7 Å². The molecule has 1 aliphatic rings. The van der Waals surface area contributed by atoms with Crippen molar-refractivity contribution in [2.45, 2.75) is 17.9 Å². The van der Waals surface area contributed by atoms with E-state index in [1.807, 2.05) is 0 Å². The Morgan fingerprint density at radius 1 is 1.40 bits per heavy atom. The van der Waals surface area contributed by atoms with Gasteiger partial charge in [-0.2, -0.15) is 0 Å². The maximum Gasteiger partial charge on any atom is 0.202 e. The van der Waals surface area contributed by atoms with Crippen LogP contribution in [-0.2, 0) is 9.84 Å². The molecule has 5 heteroatoms. The fourth-order valence-electron chi connectivity index (χ4n) is 1.64. The molecule has 0 bridgehead atoms. The smallest absolute Gasteiger partial charge is 0.202 e. The first kappa shape index (κ1) is 10.7. The van der Waals surface area contributed by atoms with Crippen LogP contribution in [0, 0.1) is 0 Å². The van der Waals surface area contributed by atoms with Crippen LogP contribution < -0.4 is 0 Å². The maximum atomic E-state index is 11.7. The first-order valence-electron chi connectivity index (χ1n) is 4.37. The van der Waals surface area contributed by atoms with Gasteiger partial charge in [0.15, 0.2) is 0 Å². The van der Waals surface area contributed by atoms with E-state index in [9.17, 15) is 13.5 Å². The van der Waals surface area contributed by atoms with E-state index in [0.717, 1.165) is 5.41 Å². The van der Waals surface area contributed by atoms with Gasteiger partial charge in [0.05, 0.1) is 16.0 Å². The second kappa shape index (κ2) is 3.33. The van der Waals surface area contributed by atoms with Crippen molar-refractivity contribution in [2.24, 2.45) is 0 Å². The number of aliphatic hydroxyl groups excluding tert-OH is 1. The van der Waals surface area contributed by atoms with Crippen molar-refractivity contribution in [3.8, 4) is 0 Å². The number of hydrogen-bond acceptors (Lipinski definition) is 3. The van der Waals surface area contributed by atoms with E-state index in [1.54, 1.807) is 12.1 Å². The van der Waals surface area contributed by atoms with Crippen molar-refractivity contribution in [3.63, 3.8) is 0 Å². The fourth-order valence-corrected chi connectivity index (χ4v) is 3.74. The van der Waals surface area contributed by atoms with Crippen LogP contribution in [-0.4, -0.2) is 19.6 Å². The minimum Gasteiger partial charge on any atom is -0.389 e. The van der Waals surface area contributed by atoms with Crippen molar-refractivity contribution in [2.75, 3.05) is 0 Å². The zero-order chi connectivity index (χ0) is 11.2. The largest absolute Gasteiger partial charge is 0.389 e. The SMILES string of the molecule is CC(O)C1=CS(=O)(=O)c2c(Cl)cccc21. The minimum atomic E-state index is -3.48. The lowest BCUT2D eigenvalue weighted by atomic mass is 10.0. The van der Waals surface area contributed by atoms with Gasteiger partial charge in [-0.15, -0.1) is 0 Å². The number of benzene rings is 1. The van der Waals surface area contributed by atoms with Gasteiger partial charge in [0.1, 0.15) is 0 Å². The minimum absolute atomic E-state index is 0.0996. The molecule has 0 fully saturated rings. The molecule has 1 aliphatic heterocycles. The summed E-state index contributed by atoms with van der Waals surface area (Å²) >= 11 is 5.83. The number of aliphatic hydroxyl groups is 1. The Labute approximate surface area is 92.9 Å². The average molecular weight is 245 g/mol. The maximum absolute atomic E-state index is 11.7. The third kappa shape index (κ3) is 1.58. The van der Waals surface area contributed by atoms with E-state index in [1.165, 1.54) is 13.0 Å². The van der Waals surface area contributed by atoms with Crippen molar-refractivity contribution in [3.05, 3.63) is 34.2 Å². The summed E-state index contributed by atoms with van der Waals surface area (Å²) in [5.41, 5.74) is 0.894. The molecule has 1 aromatic rings. The predicted molar refractivity (Wildman–Crippen MR) is 58.3 cm³/mol. The molecule has 15 heavy (non-hydrogen) atoms. The molecule has 0 saturated heterocycles. The van der Waals surface area contributed by atoms with Crippen LogP contribution in [0.5, 0.6) is 0 Å². The van der Waals surface area contributed by atoms with Gasteiger partial charge in [0.25, 0.3) is 0 Å². The first-order valence-corrected chi connectivity index (χ1v) is 6.29. The van der Waals surface area contributed by atoms with Gasteiger partial charge in [-0.25, -0.2) is 8.42 Å². The second-order valence-corrected chi connectivity index (χ2v) is 5.55. The van der Waals surface area contributed by atoms with Crippen LogP contribution in [0.2, 0.25) is 5.02 Å². The Hall–Kier alpha value is -0.840. The lowest BCUT2D eigenvalue weighted by molar-refractivity contribution is 0.253. The summed E-state index contributed by atoms with van der Waals surface area (Å²) in [5, 5.41) is 10.7. The van der Waals surface area contributed by atoms with Gasteiger partial charge < -0.3 is 5.11 Å². The lowest BCUT2D eigenvalue weighted by Crippen LogP contribution is -2.01. The van der Waals surface area contributed by atoms with E-state index in [2.05, 4.69) is 0 Å². The Bertz CT molecular complexity index is 544. The van der Waals surface area contributed by atoms with Gasteiger partial charge in [0.2, 0.25) is 9.84 Å². The summed E-state index contributed by atoms with van der Waals surface area (Å²) in [6.07, 6.45) is -0.820. The van der Waals surface area contributed by atoms with Crippen LogP contribution in [0.4, 0.5) is 0 Å². The molecule has 1 heterocycles. The summed E-state index contributed by atoms with van der Waals surface area (Å²) < 4.78 is 23.4. The molecule has 0 amide bonds. The van der Waals surface area contributed by atoms with Crippen LogP contribution in [0.1, 0.15) is 12.5 Å². The molecule has 0 saturated carbocycles. The van der Waals surface area contributed by atoms with E-state index < -0.39 is 15.9 Å². The normalized spacial score (nSPS) is 19.5. The molecule has 1 N–H and O–H groups in total. The lowest BCUT2D eigenvalue weighted by Gasteiger charge is -2.07. The molecule has 2 rings (SSSR count). The molecule has 0 radical (unpaired) electrons. The van der Waals surface area contributed by atoms with E-state index >= 15 is 0 Å². The Balaban J connectivity index is 2.79. The van der Waals surface area contributed by atoms with Crippen molar-refractivity contribution < 1.29 is 13.5 Å². The summed E-state index contributed by atoms with van der Waals surface area (Å²) in [5.74, 6) is 0. The highest BCUT2D eigenvalue weighted by molar-refractivity contribution is 7.95. The van der Waals surface area contributed by atoms with Crippen LogP contribution >= 0.6 is 11.6 Å². The molecular formula is C10H9ClO3S. The zero-order valence-electron chi connectivity index (χ0n) is 7.94. The Morgan fingerprint density at radius 2 is 2.07 bits per heavy atom. The molecule has 80 valence electrons. The molecule has 0 aromatic heterocycles. The number of hydrogen-bond donors (Lipinski definition) is 1. The molecule has 1 atom stereocenters. The Morgan fingerprint density at radius 3 is 2.67 bits per heavy atom. The van der Waals surface area contributed by atoms with Crippen molar-refractivity contribution >= 4 is 27.0 Å². The molecular weight excluding hydrogens is 236 g/mol. The highest BCUT2D eigenvalue weighted by atomic mass is 35.5. The summed E-state index contributed by atoms with van der Waals surface area (Å²) in [7, 11) is -3.48. The van der Waals surface area contributed by atoms with Gasteiger partial charge in [-0.3, -0.25) is 0 Å². The quantitative estimate of drug-likeness (QED) is 0.820. The van der Waals surface area contributed by atoms with Crippen molar-refractivity contribution in [1.29, 1.82) is 0 Å². The van der Waals surface area contributed by atoms with Crippen molar-refractivity contribution in [1.82, 2.24) is 0 Å². The van der Waals surface area contributed by atoms with Crippen LogP contribution in [0.25, 0.3) is 5.57 Å². The highest BCUT2D eigenvalue weighted by Gasteiger charge is 2.30. The third-order valence-electron chi connectivity index (χ3n) is 2.29.